The summed E-state index contributed by atoms with van der Waals surface area (Å²) in [6.07, 6.45) is 1.36. The molecule has 3 atom stereocenters. The van der Waals surface area contributed by atoms with Crippen LogP contribution in [0.2, 0.25) is 0 Å². The van der Waals surface area contributed by atoms with Gasteiger partial charge in [-0.05, 0) is 36.1 Å². The molecule has 3 nitrogen and oxygen atoms in total. The molecule has 134 valence electrons. The maximum absolute atomic E-state index is 13.6. The van der Waals surface area contributed by atoms with Gasteiger partial charge in [-0.3, -0.25) is 0 Å². The molecular formula is C20H23F2NO2. The van der Waals surface area contributed by atoms with E-state index in [0.717, 1.165) is 18.9 Å². The minimum atomic E-state index is -0.843. The minimum absolute atomic E-state index is 0.0359. The second-order valence-corrected chi connectivity index (χ2v) is 6.37. The number of methoxy groups -OCH3 is 1. The average Bonchev–Trinajstić information content (AvgIpc) is 3.06. The molecule has 1 N–H and O–H groups in total. The van der Waals surface area contributed by atoms with Crippen molar-refractivity contribution in [1.29, 1.82) is 0 Å². The lowest BCUT2D eigenvalue weighted by Crippen LogP contribution is -2.43. The van der Waals surface area contributed by atoms with Gasteiger partial charge in [-0.2, -0.15) is 0 Å². The minimum Gasteiger partial charge on any atom is -0.383 e. The van der Waals surface area contributed by atoms with Gasteiger partial charge < -0.3 is 14.8 Å². The highest BCUT2D eigenvalue weighted by molar-refractivity contribution is 5.23. The first-order valence-electron chi connectivity index (χ1n) is 8.53. The fraction of sp³-hybridized carbons (Fsp3) is 0.400. The number of hydrogen-bond acceptors (Lipinski definition) is 3. The summed E-state index contributed by atoms with van der Waals surface area (Å²) in [6.45, 7) is 1.16. The summed E-state index contributed by atoms with van der Waals surface area (Å²) >= 11 is 0. The van der Waals surface area contributed by atoms with Crippen LogP contribution < -0.4 is 5.32 Å². The van der Waals surface area contributed by atoms with E-state index >= 15 is 0 Å². The molecule has 1 fully saturated rings. The van der Waals surface area contributed by atoms with E-state index in [1.54, 1.807) is 13.2 Å². The summed E-state index contributed by atoms with van der Waals surface area (Å²) in [5, 5.41) is 3.58. The van der Waals surface area contributed by atoms with Crippen LogP contribution in [0.15, 0.2) is 48.5 Å². The highest BCUT2D eigenvalue weighted by Crippen LogP contribution is 2.30. The van der Waals surface area contributed by atoms with Crippen molar-refractivity contribution < 1.29 is 18.3 Å². The normalized spacial score (nSPS) is 21.4. The summed E-state index contributed by atoms with van der Waals surface area (Å²) < 4.78 is 37.9. The third kappa shape index (κ3) is 4.63. The zero-order valence-electron chi connectivity index (χ0n) is 14.3. The van der Waals surface area contributed by atoms with Crippen LogP contribution in [-0.4, -0.2) is 32.4 Å². The fourth-order valence-corrected chi connectivity index (χ4v) is 3.35. The van der Waals surface area contributed by atoms with Gasteiger partial charge in [0.15, 0.2) is 11.6 Å². The van der Waals surface area contributed by atoms with Crippen LogP contribution >= 0.6 is 0 Å². The van der Waals surface area contributed by atoms with Gasteiger partial charge in [-0.1, -0.05) is 36.4 Å². The summed E-state index contributed by atoms with van der Waals surface area (Å²) in [5.74, 6) is -1.68. The molecule has 5 heteroatoms. The predicted molar refractivity (Wildman–Crippen MR) is 92.4 cm³/mol. The van der Waals surface area contributed by atoms with Crippen molar-refractivity contribution >= 4 is 0 Å². The van der Waals surface area contributed by atoms with E-state index in [4.69, 9.17) is 9.47 Å². The summed E-state index contributed by atoms with van der Waals surface area (Å²) in [7, 11) is 1.68. The number of nitrogens with one attached hydrogen (secondary N) is 1. The van der Waals surface area contributed by atoms with Crippen molar-refractivity contribution in [1.82, 2.24) is 5.32 Å². The Morgan fingerprint density at radius 3 is 2.68 bits per heavy atom. The topological polar surface area (TPSA) is 30.5 Å². The first-order chi connectivity index (χ1) is 12.2. The Morgan fingerprint density at radius 1 is 1.16 bits per heavy atom. The van der Waals surface area contributed by atoms with E-state index in [1.807, 2.05) is 18.2 Å². The van der Waals surface area contributed by atoms with Crippen LogP contribution in [-0.2, 0) is 15.9 Å². The number of hydrogen-bond donors (Lipinski definition) is 1. The molecule has 0 aromatic heterocycles. The zero-order valence-corrected chi connectivity index (χ0v) is 14.3. The van der Waals surface area contributed by atoms with Gasteiger partial charge in [0.25, 0.3) is 0 Å². The molecule has 25 heavy (non-hydrogen) atoms. The molecule has 2 aromatic rings. The van der Waals surface area contributed by atoms with Crippen LogP contribution in [0.4, 0.5) is 8.78 Å². The van der Waals surface area contributed by atoms with E-state index in [0.29, 0.717) is 18.8 Å². The van der Waals surface area contributed by atoms with Crippen molar-refractivity contribution in [2.75, 3.05) is 20.3 Å². The number of rotatable bonds is 7. The second kappa shape index (κ2) is 8.52. The molecule has 0 amide bonds. The van der Waals surface area contributed by atoms with Gasteiger partial charge in [0.05, 0.1) is 12.7 Å². The quantitative estimate of drug-likeness (QED) is 0.829. The van der Waals surface area contributed by atoms with Crippen LogP contribution in [0, 0.1) is 11.6 Å². The van der Waals surface area contributed by atoms with Gasteiger partial charge in [-0.25, -0.2) is 8.78 Å². The molecule has 1 heterocycles. The first kappa shape index (κ1) is 18.0. The Bertz CT molecular complexity index is 681. The van der Waals surface area contributed by atoms with E-state index in [9.17, 15) is 8.78 Å². The third-order valence-corrected chi connectivity index (χ3v) is 4.51. The average molecular weight is 347 g/mol. The largest absolute Gasteiger partial charge is 0.383 e. The van der Waals surface area contributed by atoms with E-state index < -0.39 is 11.6 Å². The lowest BCUT2D eigenvalue weighted by Gasteiger charge is -2.26. The van der Waals surface area contributed by atoms with Crippen LogP contribution in [0.1, 0.15) is 23.7 Å². The Hall–Kier alpha value is -1.82. The molecule has 0 radical (unpaired) electrons. The molecule has 1 saturated heterocycles. The lowest BCUT2D eigenvalue weighted by molar-refractivity contribution is 0.0896. The van der Waals surface area contributed by atoms with E-state index in [-0.39, 0.29) is 18.2 Å². The SMILES string of the molecule is COC[C@H](Cc1ccccc1)N[C@@H]1CCO[C@@H]1c1ccc(F)c(F)c1. The van der Waals surface area contributed by atoms with Gasteiger partial charge >= 0.3 is 0 Å². The van der Waals surface area contributed by atoms with Crippen LogP contribution in [0.3, 0.4) is 0 Å². The molecular weight excluding hydrogens is 324 g/mol. The standard InChI is InChI=1S/C20H23F2NO2/c1-24-13-16(11-14-5-3-2-4-6-14)23-19-9-10-25-20(19)15-7-8-17(21)18(22)12-15/h2-8,12,16,19-20,23H,9-11,13H2,1H3/t16-,19+,20+/m0/s1. The number of halogens is 2. The van der Waals surface area contributed by atoms with Crippen molar-refractivity contribution in [3.63, 3.8) is 0 Å². The second-order valence-electron chi connectivity index (χ2n) is 6.37. The van der Waals surface area contributed by atoms with Crippen LogP contribution in [0.5, 0.6) is 0 Å². The Kier molecular flexibility index (Phi) is 6.13. The maximum atomic E-state index is 13.6. The molecule has 0 bridgehead atoms. The van der Waals surface area contributed by atoms with Crippen molar-refractivity contribution in [3.8, 4) is 0 Å². The smallest absolute Gasteiger partial charge is 0.159 e. The molecule has 0 saturated carbocycles. The molecule has 1 aliphatic rings. The van der Waals surface area contributed by atoms with E-state index in [2.05, 4.69) is 17.4 Å². The maximum Gasteiger partial charge on any atom is 0.159 e. The Labute approximate surface area is 147 Å². The van der Waals surface area contributed by atoms with Crippen molar-refractivity contribution in [2.45, 2.75) is 31.0 Å². The molecule has 0 aliphatic carbocycles. The van der Waals surface area contributed by atoms with Gasteiger partial charge in [-0.15, -0.1) is 0 Å². The van der Waals surface area contributed by atoms with Crippen molar-refractivity contribution in [3.05, 3.63) is 71.3 Å². The molecule has 2 aromatic carbocycles. The predicted octanol–water partition coefficient (Wildman–Crippen LogP) is 3.64. The number of ether oxygens (including phenoxy) is 2. The highest BCUT2D eigenvalue weighted by Gasteiger charge is 2.31. The molecule has 0 spiro atoms. The van der Waals surface area contributed by atoms with Gasteiger partial charge in [0, 0.05) is 25.8 Å². The van der Waals surface area contributed by atoms with E-state index in [1.165, 1.54) is 11.6 Å². The van der Waals surface area contributed by atoms with Gasteiger partial charge in [0.2, 0.25) is 0 Å². The summed E-state index contributed by atoms with van der Waals surface area (Å²) in [6, 6.07) is 14.3. The summed E-state index contributed by atoms with van der Waals surface area (Å²) in [4.78, 5) is 0. The fourth-order valence-electron chi connectivity index (χ4n) is 3.35. The Morgan fingerprint density at radius 2 is 1.96 bits per heavy atom. The first-order valence-corrected chi connectivity index (χ1v) is 8.53. The highest BCUT2D eigenvalue weighted by atomic mass is 19.2. The molecule has 0 unspecified atom stereocenters. The lowest BCUT2D eigenvalue weighted by atomic mass is 9.99. The zero-order chi connectivity index (χ0) is 17.6. The van der Waals surface area contributed by atoms with Crippen molar-refractivity contribution in [2.24, 2.45) is 0 Å². The van der Waals surface area contributed by atoms with Gasteiger partial charge in [0.1, 0.15) is 0 Å². The molecule has 1 aliphatic heterocycles. The molecule has 3 rings (SSSR count). The Balaban J connectivity index is 1.70. The third-order valence-electron chi connectivity index (χ3n) is 4.51. The summed E-state index contributed by atoms with van der Waals surface area (Å²) in [5.41, 5.74) is 1.88. The number of benzene rings is 2. The monoisotopic (exact) mass is 347 g/mol. The van der Waals surface area contributed by atoms with Crippen LogP contribution in [0.25, 0.3) is 0 Å².